The monoisotopic (exact) mass is 474 g/mol. The highest BCUT2D eigenvalue weighted by Crippen LogP contribution is 2.36. The second kappa shape index (κ2) is 10.1. The fourth-order valence-corrected chi connectivity index (χ4v) is 4.68. The lowest BCUT2D eigenvalue weighted by Gasteiger charge is -2.13. The van der Waals surface area contributed by atoms with E-state index >= 15 is 0 Å². The molecule has 0 radical (unpaired) electrons. The van der Waals surface area contributed by atoms with E-state index in [0.29, 0.717) is 40.3 Å². The molecule has 1 aliphatic rings. The summed E-state index contributed by atoms with van der Waals surface area (Å²) in [4.78, 5) is 31.9. The van der Waals surface area contributed by atoms with Crippen molar-refractivity contribution in [2.24, 2.45) is 4.99 Å². The Morgan fingerprint density at radius 1 is 1.06 bits per heavy atom. The molecule has 0 spiro atoms. The highest BCUT2D eigenvalue weighted by Gasteiger charge is 2.32. The summed E-state index contributed by atoms with van der Waals surface area (Å²) in [6.07, 6.45) is 1.75. The molecule has 2 heterocycles. The maximum absolute atomic E-state index is 13.0. The number of carbonyl (C=O) groups excluding carboxylic acids is 2. The van der Waals surface area contributed by atoms with Crippen LogP contribution in [0.3, 0.4) is 0 Å². The average molecular weight is 475 g/mol. The number of furan rings is 1. The van der Waals surface area contributed by atoms with E-state index in [9.17, 15) is 9.59 Å². The highest BCUT2D eigenvalue weighted by atomic mass is 32.2. The van der Waals surface area contributed by atoms with Crippen molar-refractivity contribution in [3.8, 4) is 11.3 Å². The van der Waals surface area contributed by atoms with Crippen molar-refractivity contribution in [1.29, 1.82) is 0 Å². The third-order valence-corrected chi connectivity index (χ3v) is 6.44. The van der Waals surface area contributed by atoms with Crippen LogP contribution >= 0.6 is 11.8 Å². The maximum Gasteiger partial charge on any atom is 0.338 e. The summed E-state index contributed by atoms with van der Waals surface area (Å²) in [5.74, 6) is 0.780. The van der Waals surface area contributed by atoms with E-state index in [-0.39, 0.29) is 11.9 Å². The van der Waals surface area contributed by atoms with Crippen LogP contribution in [0.2, 0.25) is 0 Å². The predicted molar refractivity (Wildman–Crippen MR) is 136 cm³/mol. The van der Waals surface area contributed by atoms with Crippen LogP contribution in [-0.2, 0) is 9.53 Å². The van der Waals surface area contributed by atoms with Gasteiger partial charge in [0.25, 0.3) is 5.91 Å². The van der Waals surface area contributed by atoms with E-state index < -0.39 is 0 Å². The topological polar surface area (TPSA) is 72.1 Å². The normalized spacial score (nSPS) is 16.0. The molecule has 1 aromatic heterocycles. The third kappa shape index (κ3) is 4.84. The van der Waals surface area contributed by atoms with Crippen molar-refractivity contribution >= 4 is 40.6 Å². The summed E-state index contributed by atoms with van der Waals surface area (Å²) in [6, 6.07) is 16.8. The molecule has 1 aliphatic heterocycles. The Morgan fingerprint density at radius 2 is 1.76 bits per heavy atom. The Morgan fingerprint density at radius 3 is 2.41 bits per heavy atom. The van der Waals surface area contributed by atoms with Crippen molar-refractivity contribution in [3.63, 3.8) is 0 Å². The zero-order chi connectivity index (χ0) is 24.2. The fourth-order valence-electron chi connectivity index (χ4n) is 3.65. The van der Waals surface area contributed by atoms with Gasteiger partial charge in [-0.1, -0.05) is 30.3 Å². The lowest BCUT2D eigenvalue weighted by molar-refractivity contribution is -0.122. The Hall–Kier alpha value is -3.58. The summed E-state index contributed by atoms with van der Waals surface area (Å²) in [5.41, 5.74) is 4.35. The van der Waals surface area contributed by atoms with Gasteiger partial charge < -0.3 is 9.15 Å². The molecule has 0 bridgehead atoms. The molecule has 1 amide bonds. The molecule has 2 aromatic carbocycles. The van der Waals surface area contributed by atoms with Crippen LogP contribution in [0.5, 0.6) is 0 Å². The summed E-state index contributed by atoms with van der Waals surface area (Å²) in [7, 11) is 0. The first-order valence-electron chi connectivity index (χ1n) is 11.1. The van der Waals surface area contributed by atoms with E-state index in [4.69, 9.17) is 14.1 Å². The number of aryl methyl sites for hydroxylation is 2. The molecule has 4 rings (SSSR count). The lowest BCUT2D eigenvalue weighted by Crippen LogP contribution is -2.28. The quantitative estimate of drug-likeness (QED) is 0.307. The standard InChI is InChI=1S/C27H26N2O4S/c1-5-29-25(30)23(34-27(29)28-24-17(3)8-7-9-18(24)4)16-21-14-15-22(33-21)19-10-12-20(13-11-19)26(31)32-6-2/h7-16H,5-6H2,1-4H3/b23-16+,28-27?. The van der Waals surface area contributed by atoms with Gasteiger partial charge in [0.2, 0.25) is 0 Å². The zero-order valence-corrected chi connectivity index (χ0v) is 20.4. The number of rotatable bonds is 6. The molecule has 0 aliphatic carbocycles. The van der Waals surface area contributed by atoms with Gasteiger partial charge in [0.1, 0.15) is 11.5 Å². The molecule has 6 nitrogen and oxygen atoms in total. The number of aliphatic imine (C=N–C) groups is 1. The molecule has 174 valence electrons. The van der Waals surface area contributed by atoms with Gasteiger partial charge in [-0.15, -0.1) is 0 Å². The first kappa shape index (κ1) is 23.6. The highest BCUT2D eigenvalue weighted by molar-refractivity contribution is 8.18. The van der Waals surface area contributed by atoms with Crippen LogP contribution in [0.15, 0.2) is 68.9 Å². The van der Waals surface area contributed by atoms with Gasteiger partial charge in [-0.25, -0.2) is 9.79 Å². The van der Waals surface area contributed by atoms with E-state index in [1.165, 1.54) is 11.8 Å². The SMILES string of the molecule is CCOC(=O)c1ccc(-c2ccc(/C=C3/SC(=Nc4c(C)cccc4C)N(CC)C3=O)o2)cc1. The number of para-hydroxylation sites is 1. The zero-order valence-electron chi connectivity index (χ0n) is 19.6. The number of amides is 1. The van der Waals surface area contributed by atoms with Gasteiger partial charge in [0.05, 0.1) is 22.8 Å². The van der Waals surface area contributed by atoms with Crippen molar-refractivity contribution in [2.75, 3.05) is 13.2 Å². The van der Waals surface area contributed by atoms with Crippen LogP contribution in [0.4, 0.5) is 5.69 Å². The van der Waals surface area contributed by atoms with Gasteiger partial charge in [-0.2, -0.15) is 0 Å². The number of ether oxygens (including phenoxy) is 1. The summed E-state index contributed by atoms with van der Waals surface area (Å²) >= 11 is 1.35. The Labute approximate surface area is 203 Å². The minimum atomic E-state index is -0.352. The lowest BCUT2D eigenvalue weighted by atomic mass is 10.1. The molecule has 7 heteroatoms. The van der Waals surface area contributed by atoms with Gasteiger partial charge in [-0.3, -0.25) is 9.69 Å². The molecule has 34 heavy (non-hydrogen) atoms. The smallest absolute Gasteiger partial charge is 0.338 e. The molecule has 1 fully saturated rings. The summed E-state index contributed by atoms with van der Waals surface area (Å²) in [5, 5.41) is 0.664. The molecule has 0 atom stereocenters. The van der Waals surface area contributed by atoms with E-state index in [2.05, 4.69) is 0 Å². The number of amidine groups is 1. The second-order valence-electron chi connectivity index (χ2n) is 7.79. The number of esters is 1. The largest absolute Gasteiger partial charge is 0.462 e. The Kier molecular flexibility index (Phi) is 7.03. The number of nitrogens with zero attached hydrogens (tertiary/aromatic N) is 2. The van der Waals surface area contributed by atoms with Crippen LogP contribution < -0.4 is 0 Å². The Balaban J connectivity index is 1.57. The number of carbonyl (C=O) groups is 2. The number of likely N-dealkylation sites (N-methyl/N-ethyl adjacent to an activating group) is 1. The summed E-state index contributed by atoms with van der Waals surface area (Å²) < 4.78 is 11.0. The van der Waals surface area contributed by atoms with Gasteiger partial charge >= 0.3 is 5.97 Å². The average Bonchev–Trinajstić information content (AvgIpc) is 3.41. The van der Waals surface area contributed by atoms with Crippen LogP contribution in [0.1, 0.15) is 41.1 Å². The molecular formula is C27H26N2O4S. The molecule has 0 unspecified atom stereocenters. The molecule has 0 N–H and O–H groups in total. The Bertz CT molecular complexity index is 1270. The first-order chi connectivity index (χ1) is 16.4. The van der Waals surface area contributed by atoms with E-state index in [1.54, 1.807) is 30.0 Å². The first-order valence-corrected chi connectivity index (χ1v) is 12.0. The van der Waals surface area contributed by atoms with Crippen LogP contribution in [-0.4, -0.2) is 35.1 Å². The van der Waals surface area contributed by atoms with Gasteiger partial charge in [-0.05, 0) is 74.8 Å². The number of benzene rings is 2. The third-order valence-electron chi connectivity index (χ3n) is 5.43. The summed E-state index contributed by atoms with van der Waals surface area (Å²) in [6.45, 7) is 8.61. The van der Waals surface area contributed by atoms with Crippen LogP contribution in [0, 0.1) is 13.8 Å². The van der Waals surface area contributed by atoms with Gasteiger partial charge in [0.15, 0.2) is 5.17 Å². The molecule has 1 saturated heterocycles. The van der Waals surface area contributed by atoms with Crippen molar-refractivity contribution < 1.29 is 18.7 Å². The second-order valence-corrected chi connectivity index (χ2v) is 8.80. The fraction of sp³-hybridized carbons (Fsp3) is 0.222. The van der Waals surface area contributed by atoms with Crippen molar-refractivity contribution in [3.05, 3.63) is 82.0 Å². The molecule has 0 saturated carbocycles. The number of thioether (sulfide) groups is 1. The van der Waals surface area contributed by atoms with Gasteiger partial charge in [0, 0.05) is 18.2 Å². The van der Waals surface area contributed by atoms with E-state index in [0.717, 1.165) is 22.4 Å². The van der Waals surface area contributed by atoms with Crippen molar-refractivity contribution in [1.82, 2.24) is 4.90 Å². The predicted octanol–water partition coefficient (Wildman–Crippen LogP) is 6.36. The molecular weight excluding hydrogens is 448 g/mol. The van der Waals surface area contributed by atoms with Crippen molar-refractivity contribution in [2.45, 2.75) is 27.7 Å². The minimum Gasteiger partial charge on any atom is -0.462 e. The number of hydrogen-bond acceptors (Lipinski definition) is 6. The van der Waals surface area contributed by atoms with Crippen LogP contribution in [0.25, 0.3) is 17.4 Å². The van der Waals surface area contributed by atoms with E-state index in [1.807, 2.05) is 63.2 Å². The molecule has 3 aromatic rings. The maximum atomic E-state index is 13.0. The number of hydrogen-bond donors (Lipinski definition) is 0. The minimum absolute atomic E-state index is 0.0887.